The molecule has 0 amide bonds. The first-order chi connectivity index (χ1) is 9.60. The van der Waals surface area contributed by atoms with Gasteiger partial charge in [0.1, 0.15) is 0 Å². The van der Waals surface area contributed by atoms with Gasteiger partial charge in [0.05, 0.1) is 0 Å². The Morgan fingerprint density at radius 3 is 2.65 bits per heavy atom. The molecule has 1 aromatic heterocycles. The molecular formula is C18H28N2. The van der Waals surface area contributed by atoms with Gasteiger partial charge in [-0.05, 0) is 41.5 Å². The fourth-order valence-corrected chi connectivity index (χ4v) is 2.76. The van der Waals surface area contributed by atoms with Crippen LogP contribution < -0.4 is 5.32 Å². The highest BCUT2D eigenvalue weighted by molar-refractivity contribution is 5.80. The maximum absolute atomic E-state index is 3.48. The quantitative estimate of drug-likeness (QED) is 0.781. The van der Waals surface area contributed by atoms with E-state index in [0.29, 0.717) is 6.04 Å². The first-order valence-electron chi connectivity index (χ1n) is 7.91. The molecule has 1 atom stereocenters. The van der Waals surface area contributed by atoms with Gasteiger partial charge in [0, 0.05) is 30.8 Å². The summed E-state index contributed by atoms with van der Waals surface area (Å²) in [5.74, 6) is 0.748. The van der Waals surface area contributed by atoms with Gasteiger partial charge in [-0.2, -0.15) is 0 Å². The molecule has 0 saturated carbocycles. The van der Waals surface area contributed by atoms with Gasteiger partial charge in [-0.1, -0.05) is 40.2 Å². The Bertz CT molecular complexity index is 539. The van der Waals surface area contributed by atoms with Crippen LogP contribution in [-0.4, -0.2) is 10.6 Å². The molecule has 2 nitrogen and oxygen atoms in total. The van der Waals surface area contributed by atoms with E-state index in [-0.39, 0.29) is 0 Å². The van der Waals surface area contributed by atoms with Crippen LogP contribution in [0.5, 0.6) is 0 Å². The van der Waals surface area contributed by atoms with Crippen molar-refractivity contribution in [3.63, 3.8) is 0 Å². The van der Waals surface area contributed by atoms with Crippen LogP contribution >= 0.6 is 0 Å². The molecule has 0 fully saturated rings. The predicted octanol–water partition coefficient (Wildman–Crippen LogP) is 4.58. The van der Waals surface area contributed by atoms with E-state index in [0.717, 1.165) is 19.0 Å². The normalized spacial score (nSPS) is 13.2. The summed E-state index contributed by atoms with van der Waals surface area (Å²) >= 11 is 0. The van der Waals surface area contributed by atoms with E-state index in [1.807, 2.05) is 0 Å². The van der Waals surface area contributed by atoms with E-state index < -0.39 is 0 Å². The Balaban J connectivity index is 2.12. The lowest BCUT2D eigenvalue weighted by Gasteiger charge is -2.13. The molecule has 1 unspecified atom stereocenters. The first-order valence-corrected chi connectivity index (χ1v) is 7.91. The lowest BCUT2D eigenvalue weighted by Crippen LogP contribution is -2.21. The molecular weight excluding hydrogens is 244 g/mol. The van der Waals surface area contributed by atoms with Gasteiger partial charge in [-0.15, -0.1) is 0 Å². The SMILES string of the molecule is CCCC(C)Cn1ccc2cc(CNC(C)C)ccc21. The van der Waals surface area contributed by atoms with E-state index in [1.165, 1.54) is 29.3 Å². The minimum Gasteiger partial charge on any atom is -0.347 e. The Morgan fingerprint density at radius 1 is 1.15 bits per heavy atom. The van der Waals surface area contributed by atoms with Crippen molar-refractivity contribution in [1.82, 2.24) is 9.88 Å². The third-order valence-corrected chi connectivity index (χ3v) is 3.84. The van der Waals surface area contributed by atoms with Crippen LogP contribution in [0.25, 0.3) is 10.9 Å². The van der Waals surface area contributed by atoms with Crippen LogP contribution in [0.2, 0.25) is 0 Å². The molecule has 0 saturated heterocycles. The molecule has 1 heterocycles. The molecule has 1 aromatic carbocycles. The van der Waals surface area contributed by atoms with Crippen molar-refractivity contribution in [3.05, 3.63) is 36.0 Å². The summed E-state index contributed by atoms with van der Waals surface area (Å²) in [6.45, 7) is 11.1. The number of fused-ring (bicyclic) bond motifs is 1. The number of aromatic nitrogens is 1. The van der Waals surface area contributed by atoms with Gasteiger partial charge in [0.25, 0.3) is 0 Å². The van der Waals surface area contributed by atoms with Crippen LogP contribution in [0.1, 0.15) is 46.1 Å². The molecule has 0 radical (unpaired) electrons. The van der Waals surface area contributed by atoms with Crippen molar-refractivity contribution < 1.29 is 0 Å². The molecule has 2 heteroatoms. The highest BCUT2D eigenvalue weighted by atomic mass is 15.0. The molecule has 0 aliphatic rings. The van der Waals surface area contributed by atoms with Crippen LogP contribution in [0.15, 0.2) is 30.5 Å². The number of benzene rings is 1. The smallest absolute Gasteiger partial charge is 0.0480 e. The lowest BCUT2D eigenvalue weighted by molar-refractivity contribution is 0.453. The monoisotopic (exact) mass is 272 g/mol. The second kappa shape index (κ2) is 6.94. The second-order valence-electron chi connectivity index (χ2n) is 6.29. The largest absolute Gasteiger partial charge is 0.347 e. The summed E-state index contributed by atoms with van der Waals surface area (Å²) in [7, 11) is 0. The van der Waals surface area contributed by atoms with Gasteiger partial charge in [0.2, 0.25) is 0 Å². The molecule has 0 bridgehead atoms. The van der Waals surface area contributed by atoms with Crippen molar-refractivity contribution in [2.45, 2.75) is 59.7 Å². The molecule has 1 N–H and O–H groups in total. The summed E-state index contributed by atoms with van der Waals surface area (Å²) in [5, 5.41) is 4.83. The Kier molecular flexibility index (Phi) is 5.24. The Morgan fingerprint density at radius 2 is 1.95 bits per heavy atom. The molecule has 20 heavy (non-hydrogen) atoms. The minimum atomic E-state index is 0.533. The zero-order chi connectivity index (χ0) is 14.5. The Labute approximate surface area is 123 Å². The van der Waals surface area contributed by atoms with Gasteiger partial charge < -0.3 is 9.88 Å². The fourth-order valence-electron chi connectivity index (χ4n) is 2.76. The van der Waals surface area contributed by atoms with Gasteiger partial charge in [-0.25, -0.2) is 0 Å². The standard InChI is InChI=1S/C18H28N2/c1-5-6-15(4)13-20-10-9-17-11-16(7-8-18(17)20)12-19-14(2)3/h7-11,14-15,19H,5-6,12-13H2,1-4H3. The van der Waals surface area contributed by atoms with Crippen LogP contribution in [-0.2, 0) is 13.1 Å². The molecule has 0 aliphatic heterocycles. The van der Waals surface area contributed by atoms with Crippen LogP contribution in [0.3, 0.4) is 0 Å². The fraction of sp³-hybridized carbons (Fsp3) is 0.556. The lowest BCUT2D eigenvalue weighted by atomic mass is 10.1. The zero-order valence-electron chi connectivity index (χ0n) is 13.3. The van der Waals surface area contributed by atoms with Crippen LogP contribution in [0, 0.1) is 5.92 Å². The van der Waals surface area contributed by atoms with Crippen molar-refractivity contribution in [2.75, 3.05) is 0 Å². The van der Waals surface area contributed by atoms with Gasteiger partial charge >= 0.3 is 0 Å². The number of rotatable bonds is 7. The summed E-state index contributed by atoms with van der Waals surface area (Å²) in [4.78, 5) is 0. The van der Waals surface area contributed by atoms with E-state index >= 15 is 0 Å². The summed E-state index contributed by atoms with van der Waals surface area (Å²) < 4.78 is 2.40. The maximum Gasteiger partial charge on any atom is 0.0480 e. The summed E-state index contributed by atoms with van der Waals surface area (Å²) in [6, 6.07) is 9.60. The Hall–Kier alpha value is -1.28. The maximum atomic E-state index is 3.48. The van der Waals surface area contributed by atoms with Crippen molar-refractivity contribution in [3.8, 4) is 0 Å². The topological polar surface area (TPSA) is 17.0 Å². The molecule has 0 spiro atoms. The van der Waals surface area contributed by atoms with Gasteiger partial charge in [0.15, 0.2) is 0 Å². The average Bonchev–Trinajstić information content (AvgIpc) is 2.79. The summed E-state index contributed by atoms with van der Waals surface area (Å²) in [6.07, 6.45) is 4.80. The van der Waals surface area contributed by atoms with Gasteiger partial charge in [-0.3, -0.25) is 0 Å². The number of hydrogen-bond acceptors (Lipinski definition) is 1. The van der Waals surface area contributed by atoms with E-state index in [9.17, 15) is 0 Å². The third-order valence-electron chi connectivity index (χ3n) is 3.84. The highest BCUT2D eigenvalue weighted by Gasteiger charge is 2.06. The van der Waals surface area contributed by atoms with E-state index in [2.05, 4.69) is 68.0 Å². The molecule has 0 aliphatic carbocycles. The number of hydrogen-bond donors (Lipinski definition) is 1. The van der Waals surface area contributed by atoms with Crippen molar-refractivity contribution in [1.29, 1.82) is 0 Å². The van der Waals surface area contributed by atoms with E-state index in [1.54, 1.807) is 0 Å². The van der Waals surface area contributed by atoms with Crippen molar-refractivity contribution >= 4 is 10.9 Å². The minimum absolute atomic E-state index is 0.533. The number of nitrogens with one attached hydrogen (secondary N) is 1. The molecule has 2 rings (SSSR count). The second-order valence-corrected chi connectivity index (χ2v) is 6.29. The van der Waals surface area contributed by atoms with E-state index in [4.69, 9.17) is 0 Å². The molecule has 2 aromatic rings. The third kappa shape index (κ3) is 3.86. The summed E-state index contributed by atoms with van der Waals surface area (Å²) in [5.41, 5.74) is 2.73. The highest BCUT2D eigenvalue weighted by Crippen LogP contribution is 2.20. The average molecular weight is 272 g/mol. The van der Waals surface area contributed by atoms with Crippen LogP contribution in [0.4, 0.5) is 0 Å². The molecule has 110 valence electrons. The van der Waals surface area contributed by atoms with Crippen molar-refractivity contribution in [2.24, 2.45) is 5.92 Å². The first kappa shape index (κ1) is 15.1. The number of nitrogens with zero attached hydrogens (tertiary/aromatic N) is 1. The predicted molar refractivity (Wildman–Crippen MR) is 88.0 cm³/mol. The zero-order valence-corrected chi connectivity index (χ0v) is 13.3.